The standard InChI is InChI=1S/C22H17N2O2S.C2H4O2.Na/c1-2-26-19-13-16-9-7-6-8-15(16)12-17(19)14-20-21(25)24-22(27-20)23-18-10-4-3-5-11-18;1-2(3)4;/h3-10,12-14H,2H2,1H3,(H,23,24,25);1H3,(H,3,4);/q-1;;+1. The van der Waals surface area contributed by atoms with Crippen molar-refractivity contribution in [3.8, 4) is 5.75 Å². The molecular formula is C24H21N2NaO4S. The van der Waals surface area contributed by atoms with Crippen LogP contribution in [-0.4, -0.2) is 28.8 Å². The molecule has 1 saturated heterocycles. The van der Waals surface area contributed by atoms with E-state index in [2.05, 4.69) is 16.4 Å². The molecule has 1 fully saturated rings. The van der Waals surface area contributed by atoms with Crippen LogP contribution in [0, 0.1) is 6.07 Å². The molecule has 6 nitrogen and oxygen atoms in total. The molecule has 0 aliphatic carbocycles. The Kier molecular flexibility index (Phi) is 9.99. The molecule has 1 amide bonds. The first-order valence-electron chi connectivity index (χ1n) is 9.57. The van der Waals surface area contributed by atoms with Crippen molar-refractivity contribution in [1.82, 2.24) is 5.32 Å². The van der Waals surface area contributed by atoms with Crippen LogP contribution in [-0.2, 0) is 9.59 Å². The number of ether oxygens (including phenoxy) is 1. The van der Waals surface area contributed by atoms with Crippen LogP contribution in [0.5, 0.6) is 5.75 Å². The molecular weight excluding hydrogens is 435 g/mol. The zero-order valence-electron chi connectivity index (χ0n) is 18.1. The summed E-state index contributed by atoms with van der Waals surface area (Å²) in [6.45, 7) is 3.59. The van der Waals surface area contributed by atoms with E-state index in [0.29, 0.717) is 22.4 Å². The number of carbonyl (C=O) groups excluding carboxylic acids is 1. The number of carbonyl (C=O) groups is 2. The predicted molar refractivity (Wildman–Crippen MR) is 125 cm³/mol. The van der Waals surface area contributed by atoms with Crippen LogP contribution in [0.15, 0.2) is 70.6 Å². The van der Waals surface area contributed by atoms with Gasteiger partial charge in [0.1, 0.15) is 5.75 Å². The first-order chi connectivity index (χ1) is 15.0. The molecule has 158 valence electrons. The Balaban J connectivity index is 0.000000672. The molecule has 0 unspecified atom stereocenters. The summed E-state index contributed by atoms with van der Waals surface area (Å²) in [5, 5.41) is 13.0. The van der Waals surface area contributed by atoms with Gasteiger partial charge in [0.05, 0.1) is 11.5 Å². The van der Waals surface area contributed by atoms with Gasteiger partial charge in [-0.2, -0.15) is 24.3 Å². The molecule has 1 aliphatic heterocycles. The van der Waals surface area contributed by atoms with Gasteiger partial charge in [-0.05, 0) is 53.4 Å². The first kappa shape index (κ1) is 25.7. The van der Waals surface area contributed by atoms with Crippen molar-refractivity contribution in [2.24, 2.45) is 4.99 Å². The molecule has 0 aromatic heterocycles. The largest absolute Gasteiger partial charge is 1.00 e. The van der Waals surface area contributed by atoms with Crippen molar-refractivity contribution in [2.45, 2.75) is 13.8 Å². The Morgan fingerprint density at radius 2 is 1.84 bits per heavy atom. The van der Waals surface area contributed by atoms with Crippen LogP contribution < -0.4 is 39.6 Å². The number of aliphatic imine (C=N–C) groups is 1. The summed E-state index contributed by atoms with van der Waals surface area (Å²) in [5.41, 5.74) is 1.56. The fraction of sp³-hybridized carbons (Fsp3) is 0.125. The van der Waals surface area contributed by atoms with Gasteiger partial charge < -0.3 is 15.2 Å². The van der Waals surface area contributed by atoms with Gasteiger partial charge in [0.15, 0.2) is 5.17 Å². The molecule has 0 radical (unpaired) electrons. The van der Waals surface area contributed by atoms with Gasteiger partial charge in [0, 0.05) is 12.5 Å². The molecule has 3 aromatic rings. The van der Waals surface area contributed by atoms with Crippen molar-refractivity contribution in [3.05, 3.63) is 77.2 Å². The second-order valence-electron chi connectivity index (χ2n) is 6.42. The molecule has 1 aliphatic rings. The second kappa shape index (κ2) is 12.5. The quantitative estimate of drug-likeness (QED) is 0.356. The summed E-state index contributed by atoms with van der Waals surface area (Å²) in [4.78, 5) is 26.4. The van der Waals surface area contributed by atoms with Gasteiger partial charge in [-0.25, -0.2) is 0 Å². The molecule has 1 heterocycles. The Labute approximate surface area is 213 Å². The Bertz CT molecular complexity index is 1160. The second-order valence-corrected chi connectivity index (χ2v) is 7.45. The van der Waals surface area contributed by atoms with Crippen LogP contribution in [0.25, 0.3) is 16.8 Å². The molecule has 4 rings (SSSR count). The van der Waals surface area contributed by atoms with Crippen LogP contribution in [0.2, 0.25) is 0 Å². The van der Waals surface area contributed by atoms with Crippen LogP contribution in [0.4, 0.5) is 5.69 Å². The Morgan fingerprint density at radius 3 is 2.47 bits per heavy atom. The van der Waals surface area contributed by atoms with E-state index in [0.717, 1.165) is 29.0 Å². The average molecular weight is 456 g/mol. The normalized spacial score (nSPS) is 15.0. The maximum atomic E-state index is 12.4. The van der Waals surface area contributed by atoms with Gasteiger partial charge in [-0.15, -0.1) is 6.07 Å². The topological polar surface area (TPSA) is 88.0 Å². The summed E-state index contributed by atoms with van der Waals surface area (Å²) < 4.78 is 5.79. The molecule has 32 heavy (non-hydrogen) atoms. The van der Waals surface area contributed by atoms with Crippen LogP contribution in [0.1, 0.15) is 19.4 Å². The number of aliphatic carboxylic acids is 1. The minimum Gasteiger partial charge on any atom is -0.493 e. The summed E-state index contributed by atoms with van der Waals surface area (Å²) >= 11 is 1.32. The maximum Gasteiger partial charge on any atom is 1.00 e. The van der Waals surface area contributed by atoms with Gasteiger partial charge >= 0.3 is 29.6 Å². The molecule has 0 bridgehead atoms. The number of nitrogens with zero attached hydrogens (tertiary/aromatic N) is 1. The third-order valence-electron chi connectivity index (χ3n) is 4.03. The van der Waals surface area contributed by atoms with Gasteiger partial charge in [0.25, 0.3) is 11.9 Å². The molecule has 0 spiro atoms. The van der Waals surface area contributed by atoms with E-state index in [1.807, 2.05) is 67.6 Å². The minimum atomic E-state index is -0.833. The van der Waals surface area contributed by atoms with Crippen molar-refractivity contribution < 1.29 is 49.0 Å². The number of benzene rings is 3. The number of para-hydroxylation sites is 1. The van der Waals surface area contributed by atoms with E-state index >= 15 is 0 Å². The number of hydrogen-bond acceptors (Lipinski definition) is 5. The maximum absolute atomic E-state index is 12.4. The minimum absolute atomic E-state index is 0. The summed E-state index contributed by atoms with van der Waals surface area (Å²) in [5.74, 6) is -0.232. The number of amides is 1. The van der Waals surface area contributed by atoms with Crippen molar-refractivity contribution in [2.75, 3.05) is 6.61 Å². The van der Waals surface area contributed by atoms with Gasteiger partial charge in [0.2, 0.25) is 0 Å². The number of carboxylic acids is 1. The van der Waals surface area contributed by atoms with E-state index in [1.54, 1.807) is 6.07 Å². The zero-order valence-corrected chi connectivity index (χ0v) is 20.9. The number of thioether (sulfide) groups is 1. The summed E-state index contributed by atoms with van der Waals surface area (Å²) in [6, 6.07) is 22.6. The zero-order chi connectivity index (χ0) is 22.2. The number of carboxylic acid groups (broad SMARTS) is 1. The summed E-state index contributed by atoms with van der Waals surface area (Å²) in [7, 11) is 0. The molecule has 2 N–H and O–H groups in total. The number of hydrogen-bond donors (Lipinski definition) is 2. The third kappa shape index (κ3) is 7.24. The molecule has 0 atom stereocenters. The number of rotatable bonds is 4. The van der Waals surface area contributed by atoms with Gasteiger partial charge in [-0.3, -0.25) is 14.6 Å². The SMILES string of the molecule is CC(=O)O.CCOc1cc2ccccc2cc1C=C1SC(=Nc2[c-]cccc2)NC1=O.[Na+]. The van der Waals surface area contributed by atoms with E-state index in [1.165, 1.54) is 11.8 Å². The fourth-order valence-electron chi connectivity index (χ4n) is 2.81. The van der Waals surface area contributed by atoms with Crippen molar-refractivity contribution in [3.63, 3.8) is 0 Å². The van der Waals surface area contributed by atoms with E-state index in [-0.39, 0.29) is 35.5 Å². The summed E-state index contributed by atoms with van der Waals surface area (Å²) in [6.07, 6.45) is 1.86. The number of amidine groups is 1. The van der Waals surface area contributed by atoms with E-state index in [9.17, 15) is 4.79 Å². The van der Waals surface area contributed by atoms with Crippen molar-refractivity contribution in [1.29, 1.82) is 0 Å². The van der Waals surface area contributed by atoms with Crippen LogP contribution >= 0.6 is 11.8 Å². The molecule has 0 saturated carbocycles. The smallest absolute Gasteiger partial charge is 0.493 e. The van der Waals surface area contributed by atoms with Crippen LogP contribution in [0.3, 0.4) is 0 Å². The molecule has 8 heteroatoms. The monoisotopic (exact) mass is 456 g/mol. The van der Waals surface area contributed by atoms with Gasteiger partial charge in [-0.1, -0.05) is 24.3 Å². The Hall–Kier alpha value is -2.58. The average Bonchev–Trinajstić information content (AvgIpc) is 3.07. The van der Waals surface area contributed by atoms with E-state index in [4.69, 9.17) is 14.6 Å². The predicted octanol–water partition coefficient (Wildman–Crippen LogP) is 2.03. The number of fused-ring (bicyclic) bond motifs is 1. The first-order valence-corrected chi connectivity index (χ1v) is 10.4. The molecule has 3 aromatic carbocycles. The van der Waals surface area contributed by atoms with Crippen molar-refractivity contribution >= 4 is 51.3 Å². The fourth-order valence-corrected chi connectivity index (χ4v) is 3.64. The Morgan fingerprint density at radius 1 is 1.19 bits per heavy atom. The third-order valence-corrected chi connectivity index (χ3v) is 4.94. The van der Waals surface area contributed by atoms with E-state index < -0.39 is 5.97 Å². The number of nitrogens with one attached hydrogen (secondary N) is 1.